The van der Waals surface area contributed by atoms with E-state index in [0.717, 1.165) is 64.5 Å². The molecule has 2 aliphatic heterocycles. The molecule has 2 fully saturated rings. The summed E-state index contributed by atoms with van der Waals surface area (Å²) in [7, 11) is 1.68. The molecule has 1 aromatic heterocycles. The Morgan fingerprint density at radius 1 is 1.20 bits per heavy atom. The van der Waals surface area contributed by atoms with E-state index in [1.54, 1.807) is 18.4 Å². The van der Waals surface area contributed by atoms with Gasteiger partial charge in [-0.3, -0.25) is 9.69 Å². The van der Waals surface area contributed by atoms with Gasteiger partial charge in [0, 0.05) is 56.4 Å². The van der Waals surface area contributed by atoms with E-state index in [0.29, 0.717) is 6.54 Å². The van der Waals surface area contributed by atoms with Gasteiger partial charge in [0.1, 0.15) is 5.75 Å². The van der Waals surface area contributed by atoms with Crippen LogP contribution in [-0.2, 0) is 16.1 Å². The smallest absolute Gasteiger partial charge is 0.236 e. The monoisotopic (exact) mass is 429 g/mol. The van der Waals surface area contributed by atoms with Crippen molar-refractivity contribution >= 4 is 22.9 Å². The van der Waals surface area contributed by atoms with Crippen molar-refractivity contribution in [2.45, 2.75) is 25.5 Å². The summed E-state index contributed by atoms with van der Waals surface area (Å²) in [4.78, 5) is 21.0. The Kier molecular flexibility index (Phi) is 7.25. The topological polar surface area (TPSA) is 45.2 Å². The van der Waals surface area contributed by atoms with Gasteiger partial charge in [0.05, 0.1) is 19.8 Å². The molecule has 1 amide bonds. The van der Waals surface area contributed by atoms with E-state index >= 15 is 0 Å². The molecule has 3 heterocycles. The minimum Gasteiger partial charge on any atom is -0.497 e. The Bertz CT molecular complexity index is 783. The zero-order chi connectivity index (χ0) is 20.8. The van der Waals surface area contributed by atoms with Crippen LogP contribution in [0.2, 0.25) is 0 Å². The molecule has 0 saturated carbocycles. The quantitative estimate of drug-likeness (QED) is 0.645. The molecule has 2 saturated heterocycles. The van der Waals surface area contributed by atoms with Gasteiger partial charge in [-0.25, -0.2) is 0 Å². The minimum atomic E-state index is 0.221. The highest BCUT2D eigenvalue weighted by Gasteiger charge is 2.25. The number of hydrogen-bond donors (Lipinski definition) is 0. The minimum absolute atomic E-state index is 0.221. The lowest BCUT2D eigenvalue weighted by molar-refractivity contribution is -0.133. The fraction of sp³-hybridized carbons (Fsp3) is 0.522. The molecule has 2 aromatic rings. The highest BCUT2D eigenvalue weighted by Crippen LogP contribution is 2.21. The molecule has 4 rings (SSSR count). The molecule has 0 unspecified atom stereocenters. The molecule has 1 aromatic carbocycles. The summed E-state index contributed by atoms with van der Waals surface area (Å²) in [6.45, 7) is 6.18. The summed E-state index contributed by atoms with van der Waals surface area (Å²) in [6.07, 6.45) is 2.47. The summed E-state index contributed by atoms with van der Waals surface area (Å²) < 4.78 is 11.1. The van der Waals surface area contributed by atoms with Gasteiger partial charge in [-0.05, 0) is 48.6 Å². The van der Waals surface area contributed by atoms with Gasteiger partial charge in [-0.1, -0.05) is 6.07 Å². The van der Waals surface area contributed by atoms with Crippen LogP contribution in [0, 0.1) is 0 Å². The number of methoxy groups -OCH3 is 1. The zero-order valence-electron chi connectivity index (χ0n) is 17.7. The van der Waals surface area contributed by atoms with Crippen molar-refractivity contribution in [1.82, 2.24) is 9.80 Å². The molecule has 6 nitrogen and oxygen atoms in total. The van der Waals surface area contributed by atoms with Crippen LogP contribution >= 0.6 is 11.3 Å². The Hall–Kier alpha value is -2.09. The molecule has 0 aliphatic carbocycles. The molecule has 162 valence electrons. The number of hydrogen-bond acceptors (Lipinski definition) is 6. The Morgan fingerprint density at radius 3 is 2.63 bits per heavy atom. The SMILES string of the molecule is COc1ccc(N2CCN(C(=O)CN(Cc3cccs3)C[C@@H]3CCCO3)CC2)cc1. The molecule has 0 spiro atoms. The lowest BCUT2D eigenvalue weighted by Gasteiger charge is -2.37. The van der Waals surface area contributed by atoms with Crippen LogP contribution < -0.4 is 9.64 Å². The van der Waals surface area contributed by atoms with Gasteiger partial charge in [-0.15, -0.1) is 11.3 Å². The highest BCUT2D eigenvalue weighted by atomic mass is 32.1. The number of benzene rings is 1. The molecule has 0 radical (unpaired) electrons. The number of amides is 1. The first-order valence-corrected chi connectivity index (χ1v) is 11.6. The van der Waals surface area contributed by atoms with Gasteiger partial charge in [0.2, 0.25) is 5.91 Å². The first kappa shape index (κ1) is 21.2. The number of anilines is 1. The van der Waals surface area contributed by atoms with Gasteiger partial charge in [0.15, 0.2) is 0 Å². The number of thiophene rings is 1. The fourth-order valence-corrected chi connectivity index (χ4v) is 4.93. The maximum absolute atomic E-state index is 13.0. The molecule has 1 atom stereocenters. The van der Waals surface area contributed by atoms with Crippen LogP contribution in [0.4, 0.5) is 5.69 Å². The van der Waals surface area contributed by atoms with Gasteiger partial charge in [0.25, 0.3) is 0 Å². The van der Waals surface area contributed by atoms with Gasteiger partial charge in [-0.2, -0.15) is 0 Å². The second-order valence-electron chi connectivity index (χ2n) is 7.95. The number of ether oxygens (including phenoxy) is 2. The maximum atomic E-state index is 13.0. The Morgan fingerprint density at radius 2 is 2.00 bits per heavy atom. The Labute approximate surface area is 183 Å². The van der Waals surface area contributed by atoms with Crippen LogP contribution in [-0.4, -0.2) is 74.8 Å². The van der Waals surface area contributed by atoms with Gasteiger partial charge < -0.3 is 19.3 Å². The fourth-order valence-electron chi connectivity index (χ4n) is 4.18. The second kappa shape index (κ2) is 10.3. The molecule has 30 heavy (non-hydrogen) atoms. The van der Waals surface area contributed by atoms with E-state index in [2.05, 4.69) is 39.4 Å². The average Bonchev–Trinajstić information content (AvgIpc) is 3.48. The highest BCUT2D eigenvalue weighted by molar-refractivity contribution is 7.09. The second-order valence-corrected chi connectivity index (χ2v) is 8.98. The summed E-state index contributed by atoms with van der Waals surface area (Å²) >= 11 is 1.75. The molecule has 0 N–H and O–H groups in total. The number of nitrogens with zero attached hydrogens (tertiary/aromatic N) is 3. The van der Waals surface area contributed by atoms with E-state index in [1.807, 2.05) is 17.0 Å². The van der Waals surface area contributed by atoms with Crippen molar-refractivity contribution in [2.75, 3.05) is 57.9 Å². The number of carbonyl (C=O) groups excluding carboxylic acids is 1. The van der Waals surface area contributed by atoms with Crippen LogP contribution in [0.1, 0.15) is 17.7 Å². The number of carbonyl (C=O) groups is 1. The first-order valence-electron chi connectivity index (χ1n) is 10.7. The van der Waals surface area contributed by atoms with Crippen molar-refractivity contribution in [3.05, 3.63) is 46.7 Å². The van der Waals surface area contributed by atoms with Crippen LogP contribution in [0.3, 0.4) is 0 Å². The van der Waals surface area contributed by atoms with E-state index in [1.165, 1.54) is 10.6 Å². The average molecular weight is 430 g/mol. The lowest BCUT2D eigenvalue weighted by Crippen LogP contribution is -2.51. The maximum Gasteiger partial charge on any atom is 0.236 e. The summed E-state index contributed by atoms with van der Waals surface area (Å²) in [6, 6.07) is 12.4. The van der Waals surface area contributed by atoms with E-state index in [9.17, 15) is 4.79 Å². The van der Waals surface area contributed by atoms with E-state index < -0.39 is 0 Å². The lowest BCUT2D eigenvalue weighted by atomic mass is 10.2. The molecular weight excluding hydrogens is 398 g/mol. The largest absolute Gasteiger partial charge is 0.497 e. The molecular formula is C23H31N3O3S. The third kappa shape index (κ3) is 5.53. The van der Waals surface area contributed by atoms with E-state index in [-0.39, 0.29) is 12.0 Å². The first-order chi connectivity index (χ1) is 14.7. The third-order valence-electron chi connectivity index (χ3n) is 5.87. The zero-order valence-corrected chi connectivity index (χ0v) is 18.5. The van der Waals surface area contributed by atoms with Crippen molar-refractivity contribution in [3.8, 4) is 5.75 Å². The van der Waals surface area contributed by atoms with Crippen molar-refractivity contribution in [1.29, 1.82) is 0 Å². The molecule has 0 bridgehead atoms. The van der Waals surface area contributed by atoms with Crippen molar-refractivity contribution < 1.29 is 14.3 Å². The summed E-state index contributed by atoms with van der Waals surface area (Å²) in [5, 5.41) is 2.10. The van der Waals surface area contributed by atoms with Crippen molar-refractivity contribution in [3.63, 3.8) is 0 Å². The summed E-state index contributed by atoms with van der Waals surface area (Å²) in [5.74, 6) is 1.09. The Balaban J connectivity index is 1.31. The van der Waals surface area contributed by atoms with Crippen LogP contribution in [0.5, 0.6) is 5.75 Å². The number of piperazine rings is 1. The standard InChI is InChI=1S/C23H31N3O3S/c1-28-20-8-6-19(7-9-20)25-10-12-26(13-11-25)23(27)18-24(16-21-4-2-14-29-21)17-22-5-3-15-30-22/h3,5-9,15,21H,2,4,10-14,16-18H2,1H3/t21-/m0/s1. The van der Waals surface area contributed by atoms with Gasteiger partial charge >= 0.3 is 0 Å². The number of rotatable bonds is 8. The van der Waals surface area contributed by atoms with Crippen molar-refractivity contribution in [2.24, 2.45) is 0 Å². The predicted octanol–water partition coefficient (Wildman–Crippen LogP) is 3.09. The predicted molar refractivity (Wildman–Crippen MR) is 120 cm³/mol. The van der Waals surface area contributed by atoms with Crippen LogP contribution in [0.15, 0.2) is 41.8 Å². The van der Waals surface area contributed by atoms with Crippen LogP contribution in [0.25, 0.3) is 0 Å². The molecule has 7 heteroatoms. The summed E-state index contributed by atoms with van der Waals surface area (Å²) in [5.41, 5.74) is 1.18. The van der Waals surface area contributed by atoms with E-state index in [4.69, 9.17) is 9.47 Å². The normalized spacial score (nSPS) is 19.5. The third-order valence-corrected chi connectivity index (χ3v) is 6.74. The molecule has 2 aliphatic rings.